The smallest absolute Gasteiger partial charge is 0.344 e. The van der Waals surface area contributed by atoms with E-state index in [2.05, 4.69) is 5.32 Å². The lowest BCUT2D eigenvalue weighted by atomic mass is 10.1. The minimum absolute atomic E-state index is 0.228. The highest BCUT2D eigenvalue weighted by Crippen LogP contribution is 2.35. The number of esters is 1. The zero-order valence-corrected chi connectivity index (χ0v) is 21.4. The number of barbiturate groups is 1. The Morgan fingerprint density at radius 3 is 2.59 bits per heavy atom. The molecule has 2 aromatic rings. The summed E-state index contributed by atoms with van der Waals surface area (Å²) in [5.74, 6) is -1.57. The molecule has 178 valence electrons. The minimum atomic E-state index is -0.873. The largest absolute Gasteiger partial charge is 0.493 e. The summed E-state index contributed by atoms with van der Waals surface area (Å²) in [7, 11) is 1.42. The van der Waals surface area contributed by atoms with E-state index < -0.39 is 23.8 Å². The van der Waals surface area contributed by atoms with Crippen LogP contribution in [0.3, 0.4) is 0 Å². The molecule has 0 saturated carbocycles. The number of rotatable bonds is 7. The first-order valence-corrected chi connectivity index (χ1v) is 11.5. The van der Waals surface area contributed by atoms with Crippen molar-refractivity contribution in [2.24, 2.45) is 0 Å². The summed E-state index contributed by atoms with van der Waals surface area (Å²) in [6, 6.07) is 7.01. The number of amides is 4. The highest BCUT2D eigenvalue weighted by atomic mass is 127. The number of nitrogens with zero attached hydrogens (tertiary/aromatic N) is 1. The van der Waals surface area contributed by atoms with E-state index in [0.717, 1.165) is 10.5 Å². The molecular weight excluding hydrogens is 579 g/mol. The maximum absolute atomic E-state index is 13.1. The number of hydrogen-bond donors (Lipinski definition) is 1. The normalized spacial score (nSPS) is 14.8. The number of benzene rings is 2. The van der Waals surface area contributed by atoms with Crippen LogP contribution >= 0.6 is 34.2 Å². The summed E-state index contributed by atoms with van der Waals surface area (Å²) in [4.78, 5) is 50.5. The molecule has 0 aliphatic carbocycles. The van der Waals surface area contributed by atoms with Crippen molar-refractivity contribution in [3.63, 3.8) is 0 Å². The van der Waals surface area contributed by atoms with Gasteiger partial charge in [0.2, 0.25) is 0 Å². The maximum atomic E-state index is 13.1. The summed E-state index contributed by atoms with van der Waals surface area (Å²) in [5, 5.41) is 2.54. The monoisotopic (exact) mass is 598 g/mol. The molecule has 1 heterocycles. The Labute approximate surface area is 214 Å². The van der Waals surface area contributed by atoms with Crippen LogP contribution in [0.25, 0.3) is 6.08 Å². The predicted molar refractivity (Wildman–Crippen MR) is 133 cm³/mol. The first-order chi connectivity index (χ1) is 16.2. The molecule has 2 aromatic carbocycles. The fourth-order valence-corrected chi connectivity index (χ4v) is 4.03. The lowest BCUT2D eigenvalue weighted by Crippen LogP contribution is -2.54. The van der Waals surface area contributed by atoms with Gasteiger partial charge in [0.05, 0.1) is 23.0 Å². The van der Waals surface area contributed by atoms with Gasteiger partial charge in [0.1, 0.15) is 5.57 Å². The van der Waals surface area contributed by atoms with Gasteiger partial charge in [0.15, 0.2) is 18.1 Å². The van der Waals surface area contributed by atoms with E-state index in [4.69, 9.17) is 25.8 Å². The molecule has 0 radical (unpaired) electrons. The lowest BCUT2D eigenvalue weighted by Gasteiger charge is -2.26. The first-order valence-electron chi connectivity index (χ1n) is 9.99. The van der Waals surface area contributed by atoms with Gasteiger partial charge < -0.3 is 14.2 Å². The molecule has 0 spiro atoms. The molecule has 0 aromatic heterocycles. The topological polar surface area (TPSA) is 111 Å². The lowest BCUT2D eigenvalue weighted by molar-refractivity contribution is -0.145. The summed E-state index contributed by atoms with van der Waals surface area (Å²) >= 11 is 8.13. The van der Waals surface area contributed by atoms with Crippen LogP contribution in [0.1, 0.15) is 18.1 Å². The zero-order chi connectivity index (χ0) is 25.0. The van der Waals surface area contributed by atoms with Crippen LogP contribution in [0.2, 0.25) is 5.02 Å². The van der Waals surface area contributed by atoms with Crippen molar-refractivity contribution in [3.8, 4) is 11.5 Å². The molecule has 0 bridgehead atoms. The van der Waals surface area contributed by atoms with Crippen molar-refractivity contribution in [2.75, 3.05) is 25.2 Å². The molecule has 0 atom stereocenters. The number of halogens is 2. The molecule has 4 amide bonds. The number of anilines is 1. The van der Waals surface area contributed by atoms with Gasteiger partial charge in [0, 0.05) is 5.02 Å². The number of aryl methyl sites for hydroxylation is 1. The molecule has 11 heteroatoms. The SMILES string of the molecule is CCOC(=O)COc1c(I)cc(/C=C2/C(=O)NC(=O)N(c3ccc(C)c(Cl)c3)C2=O)cc1OC. The number of urea groups is 1. The molecule has 3 rings (SSSR count). The van der Waals surface area contributed by atoms with Gasteiger partial charge in [0.25, 0.3) is 11.8 Å². The Hall–Kier alpha value is -3.12. The van der Waals surface area contributed by atoms with Crippen LogP contribution in [-0.2, 0) is 19.1 Å². The number of carbonyl (C=O) groups is 4. The summed E-state index contributed by atoms with van der Waals surface area (Å²) < 4.78 is 16.3. The van der Waals surface area contributed by atoms with Crippen LogP contribution < -0.4 is 19.7 Å². The van der Waals surface area contributed by atoms with E-state index in [1.54, 1.807) is 38.1 Å². The highest BCUT2D eigenvalue weighted by molar-refractivity contribution is 14.1. The molecule has 1 saturated heterocycles. The van der Waals surface area contributed by atoms with Crippen molar-refractivity contribution in [2.45, 2.75) is 13.8 Å². The summed E-state index contributed by atoms with van der Waals surface area (Å²) in [6.07, 6.45) is 1.34. The Balaban J connectivity index is 1.95. The van der Waals surface area contributed by atoms with Crippen LogP contribution in [-0.4, -0.2) is 44.1 Å². The third-order valence-corrected chi connectivity index (χ3v) is 5.93. The predicted octanol–water partition coefficient (Wildman–Crippen LogP) is 3.87. The average Bonchev–Trinajstić information content (AvgIpc) is 2.78. The fourth-order valence-electron chi connectivity index (χ4n) is 3.08. The molecule has 9 nitrogen and oxygen atoms in total. The van der Waals surface area contributed by atoms with Crippen molar-refractivity contribution in [1.82, 2.24) is 5.32 Å². The molecule has 1 aliphatic rings. The van der Waals surface area contributed by atoms with Crippen molar-refractivity contribution in [3.05, 3.63) is 55.6 Å². The van der Waals surface area contributed by atoms with E-state index >= 15 is 0 Å². The second-order valence-corrected chi connectivity index (χ2v) is 8.59. The molecular formula is C23H20ClIN2O7. The number of carbonyl (C=O) groups excluding carboxylic acids is 4. The summed E-state index contributed by atoms with van der Waals surface area (Å²) in [5.41, 5.74) is 1.19. The van der Waals surface area contributed by atoms with E-state index in [0.29, 0.717) is 19.9 Å². The molecule has 1 N–H and O–H groups in total. The van der Waals surface area contributed by atoms with E-state index in [1.807, 2.05) is 22.6 Å². The fraction of sp³-hybridized carbons (Fsp3) is 0.217. The second kappa shape index (κ2) is 10.9. The van der Waals surface area contributed by atoms with Gasteiger partial charge >= 0.3 is 12.0 Å². The maximum Gasteiger partial charge on any atom is 0.344 e. The van der Waals surface area contributed by atoms with Gasteiger partial charge in [-0.3, -0.25) is 14.9 Å². The minimum Gasteiger partial charge on any atom is -0.493 e. The van der Waals surface area contributed by atoms with Gasteiger partial charge in [-0.15, -0.1) is 0 Å². The van der Waals surface area contributed by atoms with E-state index in [9.17, 15) is 19.2 Å². The number of ether oxygens (including phenoxy) is 3. The van der Waals surface area contributed by atoms with Crippen LogP contribution in [0.5, 0.6) is 11.5 Å². The van der Waals surface area contributed by atoms with E-state index in [1.165, 1.54) is 19.3 Å². The Kier molecular flexibility index (Phi) is 8.15. The van der Waals surface area contributed by atoms with Crippen LogP contribution in [0.4, 0.5) is 10.5 Å². The molecule has 34 heavy (non-hydrogen) atoms. The Morgan fingerprint density at radius 1 is 1.21 bits per heavy atom. The summed E-state index contributed by atoms with van der Waals surface area (Å²) in [6.45, 7) is 3.40. The molecule has 0 unspecified atom stereocenters. The zero-order valence-electron chi connectivity index (χ0n) is 18.4. The third kappa shape index (κ3) is 5.50. The first kappa shape index (κ1) is 25.5. The molecule has 1 fully saturated rings. The van der Waals surface area contributed by atoms with Gasteiger partial charge in [-0.05, 0) is 77.9 Å². The number of nitrogens with one attached hydrogen (secondary N) is 1. The van der Waals surface area contributed by atoms with E-state index in [-0.39, 0.29) is 30.2 Å². The standard InChI is InChI=1S/C23H20ClIN2O7/c1-4-33-19(28)11-34-20-17(25)8-13(9-18(20)32-3)7-15-21(29)26-23(31)27(22(15)30)14-6-5-12(2)16(24)10-14/h5-10H,4,11H2,1-3H3,(H,26,29,31)/b15-7-. The van der Waals surface area contributed by atoms with Crippen molar-refractivity contribution >= 4 is 69.8 Å². The number of methoxy groups -OCH3 is 1. The Morgan fingerprint density at radius 2 is 1.94 bits per heavy atom. The van der Waals surface area contributed by atoms with Gasteiger partial charge in [-0.2, -0.15) is 0 Å². The number of hydrogen-bond acceptors (Lipinski definition) is 7. The van der Waals surface area contributed by atoms with Crippen LogP contribution in [0, 0.1) is 10.5 Å². The van der Waals surface area contributed by atoms with Crippen molar-refractivity contribution < 1.29 is 33.4 Å². The second-order valence-electron chi connectivity index (χ2n) is 7.02. The van der Waals surface area contributed by atoms with Gasteiger partial charge in [-0.1, -0.05) is 17.7 Å². The average molecular weight is 599 g/mol. The van der Waals surface area contributed by atoms with Crippen LogP contribution in [0.15, 0.2) is 35.9 Å². The van der Waals surface area contributed by atoms with Gasteiger partial charge in [-0.25, -0.2) is 14.5 Å². The molecule has 1 aliphatic heterocycles. The Bertz CT molecular complexity index is 1210. The number of imide groups is 2. The highest BCUT2D eigenvalue weighted by Gasteiger charge is 2.37. The quantitative estimate of drug-likeness (QED) is 0.223. The third-order valence-electron chi connectivity index (χ3n) is 4.72. The van der Waals surface area contributed by atoms with Crippen molar-refractivity contribution in [1.29, 1.82) is 0 Å².